The van der Waals surface area contributed by atoms with Crippen LogP contribution in [0.25, 0.3) is 0 Å². The minimum Gasteiger partial charge on any atom is -0.398 e. The zero-order valence-electron chi connectivity index (χ0n) is 11.4. The molecule has 0 atom stereocenters. The van der Waals surface area contributed by atoms with Crippen molar-refractivity contribution < 1.29 is 8.42 Å². The van der Waals surface area contributed by atoms with Crippen molar-refractivity contribution in [2.45, 2.75) is 24.7 Å². The molecule has 1 aliphatic rings. The molecule has 0 aromatic heterocycles. The summed E-state index contributed by atoms with van der Waals surface area (Å²) in [5, 5.41) is 0. The highest BCUT2D eigenvalue weighted by Gasteiger charge is 2.21. The molecule has 1 saturated heterocycles. The highest BCUT2D eigenvalue weighted by molar-refractivity contribution is 9.10. The first-order valence-electron chi connectivity index (χ1n) is 6.53. The van der Waals surface area contributed by atoms with Crippen LogP contribution in [0.5, 0.6) is 0 Å². The van der Waals surface area contributed by atoms with Crippen LogP contribution in [-0.2, 0) is 10.0 Å². The topological polar surface area (TPSA) is 72.2 Å². The fraction of sp³-hybridized carbons (Fsp3) is 0.538. The van der Waals surface area contributed by atoms with Crippen LogP contribution in [0.2, 0.25) is 0 Å². The molecule has 0 spiro atoms. The third-order valence-corrected chi connectivity index (χ3v) is 6.61. The van der Waals surface area contributed by atoms with E-state index in [1.807, 2.05) is 11.8 Å². The summed E-state index contributed by atoms with van der Waals surface area (Å²) in [6, 6.07) is 3.32. The maximum atomic E-state index is 12.4. The molecule has 0 saturated carbocycles. The van der Waals surface area contributed by atoms with Gasteiger partial charge in [-0.25, -0.2) is 13.1 Å². The van der Waals surface area contributed by atoms with Crippen molar-refractivity contribution in [3.8, 4) is 0 Å². The van der Waals surface area contributed by atoms with Crippen LogP contribution in [0, 0.1) is 12.8 Å². The average Bonchev–Trinajstić information content (AvgIpc) is 2.42. The molecule has 112 valence electrons. The highest BCUT2D eigenvalue weighted by Crippen LogP contribution is 2.27. The van der Waals surface area contributed by atoms with Crippen molar-refractivity contribution in [1.82, 2.24) is 4.72 Å². The molecule has 1 heterocycles. The molecule has 20 heavy (non-hydrogen) atoms. The molecule has 2 rings (SSSR count). The summed E-state index contributed by atoms with van der Waals surface area (Å²) in [6.07, 6.45) is 2.15. The molecule has 3 N–H and O–H groups in total. The fourth-order valence-corrected chi connectivity index (χ4v) is 5.45. The van der Waals surface area contributed by atoms with Crippen LogP contribution >= 0.6 is 27.7 Å². The molecule has 0 amide bonds. The highest BCUT2D eigenvalue weighted by atomic mass is 79.9. The van der Waals surface area contributed by atoms with Crippen LogP contribution in [0.3, 0.4) is 0 Å². The summed E-state index contributed by atoms with van der Waals surface area (Å²) in [5.74, 6) is 2.68. The Balaban J connectivity index is 2.14. The van der Waals surface area contributed by atoms with Gasteiger partial charge in [0.25, 0.3) is 0 Å². The van der Waals surface area contributed by atoms with Gasteiger partial charge in [-0.3, -0.25) is 0 Å². The molecular weight excluding hydrogens is 360 g/mol. The van der Waals surface area contributed by atoms with Gasteiger partial charge >= 0.3 is 0 Å². The van der Waals surface area contributed by atoms with Crippen LogP contribution in [0.4, 0.5) is 5.69 Å². The molecular formula is C13H19BrN2O2S2. The van der Waals surface area contributed by atoms with Crippen molar-refractivity contribution in [2.75, 3.05) is 23.8 Å². The molecule has 0 aliphatic carbocycles. The first-order chi connectivity index (χ1) is 9.40. The van der Waals surface area contributed by atoms with Gasteiger partial charge in [0.05, 0.1) is 4.90 Å². The molecule has 1 aliphatic heterocycles. The van der Waals surface area contributed by atoms with E-state index in [9.17, 15) is 8.42 Å². The lowest BCUT2D eigenvalue weighted by atomic mass is 10.0. The predicted molar refractivity (Wildman–Crippen MR) is 88.5 cm³/mol. The van der Waals surface area contributed by atoms with Gasteiger partial charge in [-0.2, -0.15) is 11.8 Å². The van der Waals surface area contributed by atoms with E-state index in [1.165, 1.54) is 0 Å². The first kappa shape index (κ1) is 16.1. The number of hydrogen-bond donors (Lipinski definition) is 2. The zero-order chi connectivity index (χ0) is 14.8. The van der Waals surface area contributed by atoms with Gasteiger partial charge < -0.3 is 5.73 Å². The number of thioether (sulfide) groups is 1. The SMILES string of the molecule is Cc1c(N)cc(Br)cc1S(=O)(=O)NCC1CCSCC1. The number of nitrogens with one attached hydrogen (secondary N) is 1. The summed E-state index contributed by atoms with van der Waals surface area (Å²) < 4.78 is 28.2. The molecule has 1 fully saturated rings. The number of nitrogen functional groups attached to an aromatic ring is 1. The van der Waals surface area contributed by atoms with Gasteiger partial charge in [0.15, 0.2) is 0 Å². The van der Waals surface area contributed by atoms with Gasteiger partial charge in [0.2, 0.25) is 10.0 Å². The molecule has 1 aromatic rings. The van der Waals surface area contributed by atoms with E-state index in [0.29, 0.717) is 28.2 Å². The van der Waals surface area contributed by atoms with Gasteiger partial charge in [0.1, 0.15) is 0 Å². The van der Waals surface area contributed by atoms with Crippen LogP contribution in [-0.4, -0.2) is 26.5 Å². The van der Waals surface area contributed by atoms with E-state index in [1.54, 1.807) is 19.1 Å². The molecule has 0 bridgehead atoms. The lowest BCUT2D eigenvalue weighted by molar-refractivity contribution is 0.476. The third kappa shape index (κ3) is 3.90. The monoisotopic (exact) mass is 378 g/mol. The Morgan fingerprint density at radius 3 is 2.70 bits per heavy atom. The van der Waals surface area contributed by atoms with E-state index in [0.717, 1.165) is 24.3 Å². The number of nitrogens with two attached hydrogens (primary N) is 1. The average molecular weight is 379 g/mol. The number of rotatable bonds is 4. The Morgan fingerprint density at radius 2 is 2.05 bits per heavy atom. The van der Waals surface area contributed by atoms with Crippen LogP contribution < -0.4 is 10.5 Å². The number of anilines is 1. The maximum Gasteiger partial charge on any atom is 0.240 e. The van der Waals surface area contributed by atoms with E-state index >= 15 is 0 Å². The minimum absolute atomic E-state index is 0.259. The quantitative estimate of drug-likeness (QED) is 0.790. The zero-order valence-corrected chi connectivity index (χ0v) is 14.6. The normalized spacial score (nSPS) is 17.3. The summed E-state index contributed by atoms with van der Waals surface area (Å²) >= 11 is 5.23. The third-order valence-electron chi connectivity index (χ3n) is 3.56. The second-order valence-electron chi connectivity index (χ2n) is 5.03. The smallest absolute Gasteiger partial charge is 0.240 e. The Morgan fingerprint density at radius 1 is 1.40 bits per heavy atom. The Hall–Kier alpha value is -0.240. The van der Waals surface area contributed by atoms with Crippen LogP contribution in [0.1, 0.15) is 18.4 Å². The molecule has 4 nitrogen and oxygen atoms in total. The van der Waals surface area contributed by atoms with Crippen molar-refractivity contribution in [3.05, 3.63) is 22.2 Å². The molecule has 0 radical (unpaired) electrons. The van der Waals surface area contributed by atoms with Crippen molar-refractivity contribution in [1.29, 1.82) is 0 Å². The van der Waals surface area contributed by atoms with E-state index in [2.05, 4.69) is 20.7 Å². The Kier molecular flexibility index (Phi) is 5.39. The lowest BCUT2D eigenvalue weighted by Crippen LogP contribution is -2.31. The Labute approximate surface area is 133 Å². The Bertz CT molecular complexity index is 584. The van der Waals surface area contributed by atoms with Gasteiger partial charge in [0, 0.05) is 16.7 Å². The van der Waals surface area contributed by atoms with Crippen molar-refractivity contribution in [3.63, 3.8) is 0 Å². The van der Waals surface area contributed by atoms with E-state index in [-0.39, 0.29) is 4.90 Å². The number of hydrogen-bond acceptors (Lipinski definition) is 4. The number of halogens is 1. The fourth-order valence-electron chi connectivity index (χ4n) is 2.21. The summed E-state index contributed by atoms with van der Waals surface area (Å²) in [5.41, 5.74) is 6.91. The molecule has 0 unspecified atom stereocenters. The molecule has 1 aromatic carbocycles. The van der Waals surface area contributed by atoms with E-state index < -0.39 is 10.0 Å². The van der Waals surface area contributed by atoms with Crippen LogP contribution in [0.15, 0.2) is 21.5 Å². The lowest BCUT2D eigenvalue weighted by Gasteiger charge is -2.21. The summed E-state index contributed by atoms with van der Waals surface area (Å²) in [4.78, 5) is 0.259. The minimum atomic E-state index is -3.50. The largest absolute Gasteiger partial charge is 0.398 e. The van der Waals surface area contributed by atoms with Crippen molar-refractivity contribution in [2.24, 2.45) is 5.92 Å². The van der Waals surface area contributed by atoms with E-state index in [4.69, 9.17) is 5.73 Å². The predicted octanol–water partition coefficient (Wildman–Crippen LogP) is 2.76. The molecule has 7 heteroatoms. The maximum absolute atomic E-state index is 12.4. The van der Waals surface area contributed by atoms with Gasteiger partial charge in [-0.1, -0.05) is 15.9 Å². The standard InChI is InChI=1S/C13H19BrN2O2S2/c1-9-12(15)6-11(14)7-13(9)20(17,18)16-8-10-2-4-19-5-3-10/h6-7,10,16H,2-5,8,15H2,1H3. The van der Waals surface area contributed by atoms with Gasteiger partial charge in [-0.15, -0.1) is 0 Å². The van der Waals surface area contributed by atoms with Crippen molar-refractivity contribution >= 4 is 43.4 Å². The number of benzene rings is 1. The van der Waals surface area contributed by atoms with Gasteiger partial charge in [-0.05, 0) is 54.9 Å². The first-order valence-corrected chi connectivity index (χ1v) is 9.96. The second-order valence-corrected chi connectivity index (χ2v) is 8.90. The second kappa shape index (κ2) is 6.68. The summed E-state index contributed by atoms with van der Waals surface area (Å²) in [7, 11) is -3.50. The number of sulfonamides is 1. The summed E-state index contributed by atoms with van der Waals surface area (Å²) in [6.45, 7) is 2.24.